The highest BCUT2D eigenvalue weighted by molar-refractivity contribution is 5.98. The minimum Gasteiger partial charge on any atom is -0.481 e. The highest BCUT2D eigenvalue weighted by Crippen LogP contribution is 2.19. The summed E-state index contributed by atoms with van der Waals surface area (Å²) >= 11 is 0. The molecule has 98 valence electrons. The van der Waals surface area contributed by atoms with E-state index in [9.17, 15) is 9.59 Å². The number of anilines is 1. The Labute approximate surface area is 106 Å². The van der Waals surface area contributed by atoms with Gasteiger partial charge in [-0.05, 0) is 18.1 Å². The van der Waals surface area contributed by atoms with E-state index in [4.69, 9.17) is 10.8 Å². The first kappa shape index (κ1) is 14.0. The summed E-state index contributed by atoms with van der Waals surface area (Å²) in [6.45, 7) is 3.85. The number of carboxylic acids is 1. The molecule has 0 saturated carbocycles. The van der Waals surface area contributed by atoms with E-state index < -0.39 is 11.9 Å². The van der Waals surface area contributed by atoms with Gasteiger partial charge in [0.15, 0.2) is 0 Å². The molecule has 5 nitrogen and oxygen atoms in total. The predicted octanol–water partition coefficient (Wildman–Crippen LogP) is 1.70. The third-order valence-electron chi connectivity index (χ3n) is 2.73. The number of carbonyl (C=O) groups is 2. The van der Waals surface area contributed by atoms with Gasteiger partial charge in [0.2, 0.25) is 0 Å². The van der Waals surface area contributed by atoms with Gasteiger partial charge in [-0.15, -0.1) is 0 Å². The number of rotatable bonds is 6. The van der Waals surface area contributed by atoms with Crippen LogP contribution in [0.5, 0.6) is 0 Å². The Morgan fingerprint density at radius 2 is 1.94 bits per heavy atom. The summed E-state index contributed by atoms with van der Waals surface area (Å²) in [5.41, 5.74) is 6.22. The van der Waals surface area contributed by atoms with E-state index in [1.165, 1.54) is 0 Å². The van der Waals surface area contributed by atoms with Gasteiger partial charge in [0.1, 0.15) is 0 Å². The predicted molar refractivity (Wildman–Crippen MR) is 69.5 cm³/mol. The van der Waals surface area contributed by atoms with Gasteiger partial charge in [0.25, 0.3) is 5.91 Å². The number of carbonyl (C=O) groups excluding carboxylic acids is 1. The molecule has 1 aromatic carbocycles. The average molecular weight is 250 g/mol. The van der Waals surface area contributed by atoms with E-state index in [0.717, 1.165) is 0 Å². The van der Waals surface area contributed by atoms with Crippen molar-refractivity contribution in [2.45, 2.75) is 26.3 Å². The lowest BCUT2D eigenvalue weighted by atomic mass is 10.00. The molecule has 0 aliphatic rings. The summed E-state index contributed by atoms with van der Waals surface area (Å²) in [6, 6.07) is 6.57. The van der Waals surface area contributed by atoms with E-state index in [2.05, 4.69) is 5.32 Å². The normalized spacial score (nSPS) is 12.2. The molecule has 5 heteroatoms. The largest absolute Gasteiger partial charge is 0.481 e. The van der Waals surface area contributed by atoms with E-state index in [1.807, 2.05) is 13.8 Å². The minimum absolute atomic E-state index is 0.00916. The van der Waals surface area contributed by atoms with Crippen molar-refractivity contribution in [3.8, 4) is 0 Å². The first-order chi connectivity index (χ1) is 8.41. The molecule has 1 atom stereocenters. The van der Waals surface area contributed by atoms with Crippen LogP contribution < -0.4 is 11.1 Å². The second-order valence-electron chi connectivity index (χ2n) is 4.50. The zero-order valence-corrected chi connectivity index (χ0v) is 10.5. The number of benzene rings is 1. The van der Waals surface area contributed by atoms with Gasteiger partial charge >= 0.3 is 5.97 Å². The molecule has 1 rings (SSSR count). The highest BCUT2D eigenvalue weighted by atomic mass is 16.4. The van der Waals surface area contributed by atoms with Gasteiger partial charge < -0.3 is 16.2 Å². The van der Waals surface area contributed by atoms with E-state index in [1.54, 1.807) is 24.3 Å². The molecule has 0 aliphatic carbocycles. The van der Waals surface area contributed by atoms with Crippen LogP contribution in [0, 0.1) is 5.92 Å². The molecule has 1 amide bonds. The van der Waals surface area contributed by atoms with Crippen LogP contribution in [0.25, 0.3) is 0 Å². The van der Waals surface area contributed by atoms with Gasteiger partial charge in [0.05, 0.1) is 12.0 Å². The summed E-state index contributed by atoms with van der Waals surface area (Å²) in [5.74, 6) is -1.28. The Bertz CT molecular complexity index is 444. The Balaban J connectivity index is 2.93. The van der Waals surface area contributed by atoms with Crippen molar-refractivity contribution in [2.24, 2.45) is 11.7 Å². The van der Waals surface area contributed by atoms with Crippen LogP contribution in [0.3, 0.4) is 0 Å². The van der Waals surface area contributed by atoms with Crippen LogP contribution in [0.4, 0.5) is 5.69 Å². The average Bonchev–Trinajstić information content (AvgIpc) is 2.27. The number of aliphatic carboxylic acids is 1. The maximum atomic E-state index is 11.3. The molecule has 0 spiro atoms. The Hall–Kier alpha value is -2.04. The zero-order valence-electron chi connectivity index (χ0n) is 10.5. The van der Waals surface area contributed by atoms with Crippen molar-refractivity contribution in [3.63, 3.8) is 0 Å². The molecule has 1 aromatic rings. The topological polar surface area (TPSA) is 92.4 Å². The number of hydrogen-bond donors (Lipinski definition) is 3. The fraction of sp³-hybridized carbons (Fsp3) is 0.385. The molecule has 18 heavy (non-hydrogen) atoms. The first-order valence-corrected chi connectivity index (χ1v) is 5.79. The summed E-state index contributed by atoms with van der Waals surface area (Å²) in [4.78, 5) is 22.1. The molecular weight excluding hydrogens is 232 g/mol. The van der Waals surface area contributed by atoms with Crippen molar-refractivity contribution in [1.82, 2.24) is 0 Å². The lowest BCUT2D eigenvalue weighted by Crippen LogP contribution is -2.29. The maximum absolute atomic E-state index is 11.3. The van der Waals surface area contributed by atoms with Crippen LogP contribution in [-0.2, 0) is 4.79 Å². The molecule has 0 radical (unpaired) electrons. The van der Waals surface area contributed by atoms with Crippen LogP contribution in [0.15, 0.2) is 24.3 Å². The molecule has 0 aliphatic heterocycles. The smallest absolute Gasteiger partial charge is 0.305 e. The fourth-order valence-corrected chi connectivity index (χ4v) is 1.67. The number of para-hydroxylation sites is 1. The van der Waals surface area contributed by atoms with Crippen LogP contribution in [0.2, 0.25) is 0 Å². The first-order valence-electron chi connectivity index (χ1n) is 5.79. The van der Waals surface area contributed by atoms with Gasteiger partial charge in [-0.2, -0.15) is 0 Å². The summed E-state index contributed by atoms with van der Waals surface area (Å²) in [5, 5.41) is 11.9. The van der Waals surface area contributed by atoms with Crippen molar-refractivity contribution >= 4 is 17.6 Å². The second kappa shape index (κ2) is 6.05. The van der Waals surface area contributed by atoms with Crippen LogP contribution >= 0.6 is 0 Å². The molecule has 0 heterocycles. The van der Waals surface area contributed by atoms with Gasteiger partial charge in [-0.25, -0.2) is 0 Å². The highest BCUT2D eigenvalue weighted by Gasteiger charge is 2.18. The maximum Gasteiger partial charge on any atom is 0.305 e. The molecule has 0 fully saturated rings. The van der Waals surface area contributed by atoms with E-state index >= 15 is 0 Å². The monoisotopic (exact) mass is 250 g/mol. The minimum atomic E-state index is -0.877. The zero-order chi connectivity index (χ0) is 13.7. The molecule has 4 N–H and O–H groups in total. The number of amides is 1. The Kier molecular flexibility index (Phi) is 4.71. The third-order valence-corrected chi connectivity index (χ3v) is 2.73. The third kappa shape index (κ3) is 3.76. The van der Waals surface area contributed by atoms with Crippen LogP contribution in [0.1, 0.15) is 30.6 Å². The summed E-state index contributed by atoms with van der Waals surface area (Å²) < 4.78 is 0. The van der Waals surface area contributed by atoms with Crippen LogP contribution in [-0.4, -0.2) is 23.0 Å². The van der Waals surface area contributed by atoms with Crippen molar-refractivity contribution < 1.29 is 14.7 Å². The molecule has 1 unspecified atom stereocenters. The lowest BCUT2D eigenvalue weighted by Gasteiger charge is -2.23. The number of hydrogen-bond acceptors (Lipinski definition) is 3. The Morgan fingerprint density at radius 3 is 2.44 bits per heavy atom. The molecular formula is C13H18N2O3. The summed E-state index contributed by atoms with van der Waals surface area (Å²) in [7, 11) is 0. The fourth-order valence-electron chi connectivity index (χ4n) is 1.67. The standard InChI is InChI=1S/C13H18N2O3/c1-8(2)11(7-12(16)17)15-10-6-4-3-5-9(10)13(14)18/h3-6,8,11,15H,7H2,1-2H3,(H2,14,18)(H,16,17). The van der Waals surface area contributed by atoms with Crippen molar-refractivity contribution in [2.75, 3.05) is 5.32 Å². The molecule has 0 saturated heterocycles. The van der Waals surface area contributed by atoms with Crippen molar-refractivity contribution in [3.05, 3.63) is 29.8 Å². The summed E-state index contributed by atoms with van der Waals surface area (Å²) in [6.07, 6.45) is -0.00916. The SMILES string of the molecule is CC(C)C(CC(=O)O)Nc1ccccc1C(N)=O. The number of nitrogens with one attached hydrogen (secondary N) is 1. The number of nitrogens with two attached hydrogens (primary N) is 1. The second-order valence-corrected chi connectivity index (χ2v) is 4.50. The van der Waals surface area contributed by atoms with Crippen molar-refractivity contribution in [1.29, 1.82) is 0 Å². The van der Waals surface area contributed by atoms with E-state index in [-0.39, 0.29) is 18.4 Å². The number of primary amides is 1. The molecule has 0 aromatic heterocycles. The van der Waals surface area contributed by atoms with Gasteiger partial charge in [0, 0.05) is 11.7 Å². The van der Waals surface area contributed by atoms with Gasteiger partial charge in [-0.3, -0.25) is 9.59 Å². The molecule has 0 bridgehead atoms. The quantitative estimate of drug-likeness (QED) is 0.716. The lowest BCUT2D eigenvalue weighted by molar-refractivity contribution is -0.137. The van der Waals surface area contributed by atoms with Gasteiger partial charge in [-0.1, -0.05) is 26.0 Å². The Morgan fingerprint density at radius 1 is 1.33 bits per heavy atom. The number of carboxylic acid groups (broad SMARTS) is 1. The van der Waals surface area contributed by atoms with E-state index in [0.29, 0.717) is 11.3 Å².